The van der Waals surface area contributed by atoms with Gasteiger partial charge in [-0.2, -0.15) is 5.10 Å². The van der Waals surface area contributed by atoms with Crippen LogP contribution in [0.1, 0.15) is 18.5 Å². The van der Waals surface area contributed by atoms with Gasteiger partial charge in [0.15, 0.2) is 6.10 Å². The number of carboxylic acids is 1. The van der Waals surface area contributed by atoms with Gasteiger partial charge >= 0.3 is 5.97 Å². The van der Waals surface area contributed by atoms with Crippen LogP contribution < -0.4 is 0 Å². The third-order valence-corrected chi connectivity index (χ3v) is 2.98. The first kappa shape index (κ1) is 12.6. The number of aliphatic carboxylic acids is 1. The predicted octanol–water partition coefficient (Wildman–Crippen LogP) is -0.207. The van der Waals surface area contributed by atoms with E-state index in [1.54, 1.807) is 24.1 Å². The van der Waals surface area contributed by atoms with Crippen molar-refractivity contribution in [2.24, 2.45) is 7.05 Å². The second-order valence-corrected chi connectivity index (χ2v) is 4.14. The Bertz CT molecular complexity index is 469. The van der Waals surface area contributed by atoms with Crippen LogP contribution in [0.15, 0.2) is 12.4 Å². The highest BCUT2D eigenvalue weighted by molar-refractivity contribution is 5.82. The maximum Gasteiger partial charge on any atom is 0.335 e. The highest BCUT2D eigenvalue weighted by Crippen LogP contribution is 2.29. The van der Waals surface area contributed by atoms with Crippen LogP contribution in [-0.4, -0.2) is 50.9 Å². The molecule has 0 saturated carbocycles. The summed E-state index contributed by atoms with van der Waals surface area (Å²) in [7, 11) is 1.74. The zero-order valence-electron chi connectivity index (χ0n) is 10.2. The molecule has 1 aromatic heterocycles. The van der Waals surface area contributed by atoms with Crippen LogP contribution >= 0.6 is 0 Å². The van der Waals surface area contributed by atoms with Gasteiger partial charge in [0.25, 0.3) is 0 Å². The maximum absolute atomic E-state index is 11.8. The van der Waals surface area contributed by atoms with Gasteiger partial charge in [-0.25, -0.2) is 4.79 Å². The number of carbonyl (C=O) groups excluding carboxylic acids is 1. The van der Waals surface area contributed by atoms with Gasteiger partial charge in [0.2, 0.25) is 5.91 Å². The number of likely N-dealkylation sites (N-methyl/N-ethyl adjacent to an activating group) is 1. The van der Waals surface area contributed by atoms with Gasteiger partial charge in [0.05, 0.1) is 12.2 Å². The van der Waals surface area contributed by atoms with Crippen LogP contribution in [0.3, 0.4) is 0 Å². The minimum absolute atomic E-state index is 0.193. The number of carboxylic acid groups (broad SMARTS) is 1. The number of morpholine rings is 1. The summed E-state index contributed by atoms with van der Waals surface area (Å²) in [6.07, 6.45) is 2.21. The summed E-state index contributed by atoms with van der Waals surface area (Å²) in [5, 5.41) is 13.2. The van der Waals surface area contributed by atoms with Crippen LogP contribution in [0.4, 0.5) is 0 Å². The highest BCUT2D eigenvalue weighted by atomic mass is 16.5. The lowest BCUT2D eigenvalue weighted by Gasteiger charge is -2.38. The molecule has 18 heavy (non-hydrogen) atoms. The first-order valence-electron chi connectivity index (χ1n) is 5.67. The number of amides is 1. The Morgan fingerprint density at radius 2 is 2.39 bits per heavy atom. The largest absolute Gasteiger partial charge is 0.479 e. The molecule has 1 aliphatic heterocycles. The molecule has 2 unspecified atom stereocenters. The van der Waals surface area contributed by atoms with Crippen molar-refractivity contribution < 1.29 is 19.4 Å². The van der Waals surface area contributed by atoms with Crippen molar-refractivity contribution in [2.45, 2.75) is 19.1 Å². The van der Waals surface area contributed by atoms with Gasteiger partial charge in [0.1, 0.15) is 6.61 Å². The van der Waals surface area contributed by atoms with Gasteiger partial charge < -0.3 is 14.7 Å². The van der Waals surface area contributed by atoms with Crippen molar-refractivity contribution in [1.82, 2.24) is 14.7 Å². The molecule has 0 radical (unpaired) electrons. The van der Waals surface area contributed by atoms with Gasteiger partial charge in [-0.1, -0.05) is 0 Å². The lowest BCUT2D eigenvalue weighted by atomic mass is 10.0. The van der Waals surface area contributed by atoms with Crippen molar-refractivity contribution in [2.75, 3.05) is 13.2 Å². The van der Waals surface area contributed by atoms with Crippen molar-refractivity contribution >= 4 is 11.9 Å². The summed E-state index contributed by atoms with van der Waals surface area (Å²) in [4.78, 5) is 24.5. The molecule has 1 saturated heterocycles. The van der Waals surface area contributed by atoms with E-state index in [9.17, 15) is 14.7 Å². The number of aromatic nitrogens is 2. The molecule has 1 amide bonds. The molecule has 1 aliphatic rings. The van der Waals surface area contributed by atoms with E-state index in [-0.39, 0.29) is 12.5 Å². The Morgan fingerprint density at radius 1 is 1.67 bits per heavy atom. The molecule has 7 heteroatoms. The molecule has 2 heterocycles. The number of hydrogen-bond acceptors (Lipinski definition) is 4. The average molecular weight is 253 g/mol. The fraction of sp³-hybridized carbons (Fsp3) is 0.545. The topological polar surface area (TPSA) is 84.7 Å². The first-order chi connectivity index (χ1) is 8.54. The second-order valence-electron chi connectivity index (χ2n) is 4.14. The Balaban J connectivity index is 2.39. The number of ether oxygens (including phenoxy) is 1. The quantitative estimate of drug-likeness (QED) is 0.806. The standard InChI is InChI=1S/C11H15N3O4/c1-3-14-8(15)6-18-10(11(16)17)9(14)7-4-12-13(2)5-7/h4-5,9-10H,3,6H2,1-2H3,(H,16,17). The minimum Gasteiger partial charge on any atom is -0.479 e. The number of aryl methyl sites for hydroxylation is 1. The summed E-state index contributed by atoms with van der Waals surface area (Å²) < 4.78 is 6.70. The van der Waals surface area contributed by atoms with Crippen LogP contribution in [0.2, 0.25) is 0 Å². The van der Waals surface area contributed by atoms with E-state index < -0.39 is 18.1 Å². The monoisotopic (exact) mass is 253 g/mol. The van der Waals surface area contributed by atoms with Crippen molar-refractivity contribution in [3.8, 4) is 0 Å². The summed E-state index contributed by atoms with van der Waals surface area (Å²) >= 11 is 0. The van der Waals surface area contributed by atoms with Gasteiger partial charge in [-0.05, 0) is 6.92 Å². The predicted molar refractivity (Wildman–Crippen MR) is 60.7 cm³/mol. The zero-order valence-corrected chi connectivity index (χ0v) is 10.2. The molecular weight excluding hydrogens is 238 g/mol. The van der Waals surface area contributed by atoms with E-state index in [0.29, 0.717) is 12.1 Å². The third-order valence-electron chi connectivity index (χ3n) is 2.98. The summed E-state index contributed by atoms with van der Waals surface area (Å²) in [5.41, 5.74) is 0.666. The van der Waals surface area contributed by atoms with Crippen LogP contribution in [-0.2, 0) is 21.4 Å². The van der Waals surface area contributed by atoms with Gasteiger partial charge in [-0.3, -0.25) is 9.48 Å². The Labute approximate surface area is 104 Å². The molecule has 2 rings (SSSR count). The molecule has 1 fully saturated rings. The number of rotatable bonds is 3. The molecule has 7 nitrogen and oxygen atoms in total. The highest BCUT2D eigenvalue weighted by Gasteiger charge is 2.41. The Morgan fingerprint density at radius 3 is 2.89 bits per heavy atom. The van der Waals surface area contributed by atoms with E-state index >= 15 is 0 Å². The smallest absolute Gasteiger partial charge is 0.335 e. The van der Waals surface area contributed by atoms with Crippen LogP contribution in [0.25, 0.3) is 0 Å². The van der Waals surface area contributed by atoms with E-state index in [0.717, 1.165) is 0 Å². The molecule has 0 spiro atoms. The molecule has 1 aromatic rings. The molecule has 0 aliphatic carbocycles. The normalized spacial score (nSPS) is 24.3. The van der Waals surface area contributed by atoms with Crippen LogP contribution in [0, 0.1) is 0 Å². The lowest BCUT2D eigenvalue weighted by molar-refractivity contribution is -0.172. The summed E-state index contributed by atoms with van der Waals surface area (Å²) in [5.74, 6) is -1.28. The second kappa shape index (κ2) is 4.77. The average Bonchev–Trinajstić information content (AvgIpc) is 2.74. The van der Waals surface area contributed by atoms with E-state index in [1.807, 2.05) is 6.92 Å². The fourth-order valence-corrected chi connectivity index (χ4v) is 2.18. The minimum atomic E-state index is -1.07. The molecule has 0 aromatic carbocycles. The zero-order chi connectivity index (χ0) is 13.3. The Hall–Kier alpha value is -1.89. The Kier molecular flexibility index (Phi) is 3.33. The SMILES string of the molecule is CCN1C(=O)COC(C(=O)O)C1c1cnn(C)c1. The first-order valence-corrected chi connectivity index (χ1v) is 5.67. The van der Waals surface area contributed by atoms with Gasteiger partial charge in [0, 0.05) is 25.4 Å². The van der Waals surface area contributed by atoms with Gasteiger partial charge in [-0.15, -0.1) is 0 Å². The molecule has 98 valence electrons. The molecule has 0 bridgehead atoms. The number of carbonyl (C=O) groups is 2. The molecule has 1 N–H and O–H groups in total. The van der Waals surface area contributed by atoms with Crippen molar-refractivity contribution in [1.29, 1.82) is 0 Å². The van der Waals surface area contributed by atoms with Crippen molar-refractivity contribution in [3.05, 3.63) is 18.0 Å². The number of hydrogen-bond donors (Lipinski definition) is 1. The van der Waals surface area contributed by atoms with E-state index in [2.05, 4.69) is 5.10 Å². The fourth-order valence-electron chi connectivity index (χ4n) is 2.18. The van der Waals surface area contributed by atoms with Crippen LogP contribution in [0.5, 0.6) is 0 Å². The van der Waals surface area contributed by atoms with E-state index in [4.69, 9.17) is 4.74 Å². The van der Waals surface area contributed by atoms with Crippen molar-refractivity contribution in [3.63, 3.8) is 0 Å². The summed E-state index contributed by atoms with van der Waals surface area (Å²) in [6, 6.07) is -0.623. The molecular formula is C11H15N3O4. The number of nitrogens with zero attached hydrogens (tertiary/aromatic N) is 3. The lowest BCUT2D eigenvalue weighted by Crippen LogP contribution is -2.51. The third kappa shape index (κ3) is 2.08. The summed E-state index contributed by atoms with van der Waals surface area (Å²) in [6.45, 7) is 2.05. The maximum atomic E-state index is 11.8. The van der Waals surface area contributed by atoms with E-state index in [1.165, 1.54) is 4.90 Å². The molecule has 2 atom stereocenters.